The maximum absolute atomic E-state index is 13.7. The molecule has 0 bridgehead atoms. The van der Waals surface area contributed by atoms with Crippen LogP contribution in [0, 0.1) is 74.2 Å². The van der Waals surface area contributed by atoms with Crippen LogP contribution in [0.3, 0.4) is 0 Å². The number of aryl methyl sites for hydroxylation is 3. The Bertz CT molecular complexity index is 2440. The van der Waals surface area contributed by atoms with Crippen molar-refractivity contribution in [3.8, 4) is 33.4 Å². The van der Waals surface area contributed by atoms with Crippen molar-refractivity contribution in [3.63, 3.8) is 0 Å². The highest BCUT2D eigenvalue weighted by atomic mass is 35.5. The van der Waals surface area contributed by atoms with Crippen LogP contribution in [0.2, 0.25) is 20.1 Å². The second kappa shape index (κ2) is 19.2. The highest BCUT2D eigenvalue weighted by molar-refractivity contribution is 6.39. The number of nitrogen functional groups attached to an aromatic ring is 3. The summed E-state index contributed by atoms with van der Waals surface area (Å²) >= 11 is 24.5. The van der Waals surface area contributed by atoms with Crippen LogP contribution in [-0.2, 0) is 6.18 Å². The zero-order valence-corrected chi connectivity index (χ0v) is 33.7. The molecular formula is C42H32Cl4F11N3. The fourth-order valence-electron chi connectivity index (χ4n) is 5.60. The lowest BCUT2D eigenvalue weighted by atomic mass is 9.94. The van der Waals surface area contributed by atoms with E-state index in [4.69, 9.17) is 63.6 Å². The van der Waals surface area contributed by atoms with Crippen molar-refractivity contribution in [2.45, 2.75) is 41.3 Å². The molecule has 6 N–H and O–H groups in total. The van der Waals surface area contributed by atoms with Gasteiger partial charge in [-0.3, -0.25) is 0 Å². The molecule has 320 valence electrons. The minimum absolute atomic E-state index is 0. The molecule has 0 unspecified atom stereocenters. The average Bonchev–Trinajstić information content (AvgIpc) is 3.16. The van der Waals surface area contributed by atoms with Gasteiger partial charge < -0.3 is 17.2 Å². The molecule has 6 aromatic carbocycles. The van der Waals surface area contributed by atoms with E-state index in [0.717, 1.165) is 28.3 Å². The summed E-state index contributed by atoms with van der Waals surface area (Å²) < 4.78 is 147. The van der Waals surface area contributed by atoms with Crippen molar-refractivity contribution in [2.75, 3.05) is 17.2 Å². The van der Waals surface area contributed by atoms with Crippen molar-refractivity contribution in [1.29, 1.82) is 0 Å². The van der Waals surface area contributed by atoms with Gasteiger partial charge in [0.2, 0.25) is 0 Å². The second-order valence-corrected chi connectivity index (χ2v) is 14.5. The maximum Gasteiger partial charge on any atom is 0.417 e. The summed E-state index contributed by atoms with van der Waals surface area (Å²) in [5.41, 5.74) is 14.1. The topological polar surface area (TPSA) is 78.1 Å². The highest BCUT2D eigenvalue weighted by Gasteiger charge is 2.35. The van der Waals surface area contributed by atoms with Crippen molar-refractivity contribution in [3.05, 3.63) is 155 Å². The maximum atomic E-state index is 13.7. The van der Waals surface area contributed by atoms with E-state index in [2.05, 4.69) is 0 Å². The van der Waals surface area contributed by atoms with Gasteiger partial charge in [-0.1, -0.05) is 83.7 Å². The largest absolute Gasteiger partial charge is 0.417 e. The first-order valence-corrected chi connectivity index (χ1v) is 18.0. The molecule has 0 radical (unpaired) electrons. The first-order chi connectivity index (χ1) is 27.3. The van der Waals surface area contributed by atoms with Gasteiger partial charge >= 0.3 is 6.18 Å². The van der Waals surface area contributed by atoms with E-state index < -0.39 is 80.7 Å². The van der Waals surface area contributed by atoms with E-state index in [9.17, 15) is 48.3 Å². The Morgan fingerprint density at radius 1 is 0.450 bits per heavy atom. The third-order valence-corrected chi connectivity index (χ3v) is 10.0. The molecule has 6 aromatic rings. The van der Waals surface area contributed by atoms with Gasteiger partial charge in [0, 0.05) is 32.4 Å². The Morgan fingerprint density at radius 2 is 0.900 bits per heavy atom. The van der Waals surface area contributed by atoms with Gasteiger partial charge in [0.1, 0.15) is 5.69 Å². The SMILES string of the molecule is C.Cc1c(F)c(F)c(-c2c(F)c(F)c(N)c(F)c2F)c(F)c1F.Cc1cc(Cl)c(-c2cc(Cl)c(N)cc2Cl)cc1Cl.Cc1ccc(-c2ccc(N)cc2C(F)(F)F)c(C)c1. The number of halogens is 15. The molecule has 0 atom stereocenters. The Kier molecular flexibility index (Phi) is 15.8. The zero-order chi connectivity index (χ0) is 44.6. The number of anilines is 3. The number of alkyl halides is 3. The predicted octanol–water partition coefficient (Wildman–Crippen LogP) is 15.4. The van der Waals surface area contributed by atoms with E-state index >= 15 is 0 Å². The summed E-state index contributed by atoms with van der Waals surface area (Å²) in [5, 5.41) is 2.11. The molecule has 0 saturated carbocycles. The third-order valence-electron chi connectivity index (χ3n) is 8.68. The van der Waals surface area contributed by atoms with E-state index in [1.807, 2.05) is 19.9 Å². The van der Waals surface area contributed by atoms with Crippen molar-refractivity contribution < 1.29 is 48.3 Å². The summed E-state index contributed by atoms with van der Waals surface area (Å²) in [5.74, 6) is -17.1. The lowest BCUT2D eigenvalue weighted by Gasteiger charge is -2.15. The number of rotatable bonds is 3. The molecule has 18 heteroatoms. The minimum atomic E-state index is -4.41. The summed E-state index contributed by atoms with van der Waals surface area (Å²) in [6, 6.07) is 16.1. The number of nitrogens with two attached hydrogens (primary N) is 3. The van der Waals surface area contributed by atoms with Gasteiger partial charge in [-0.25, -0.2) is 35.1 Å². The molecule has 0 heterocycles. The Balaban J connectivity index is 0.000000240. The summed E-state index contributed by atoms with van der Waals surface area (Å²) in [7, 11) is 0. The number of hydrogen-bond donors (Lipinski definition) is 3. The minimum Gasteiger partial charge on any atom is -0.399 e. The molecule has 60 heavy (non-hydrogen) atoms. The quantitative estimate of drug-likeness (QED) is 0.0940. The fraction of sp³-hybridized carbons (Fsp3) is 0.143. The molecule has 0 aliphatic rings. The van der Waals surface area contributed by atoms with Gasteiger partial charge in [-0.05, 0) is 86.3 Å². The molecule has 0 aliphatic heterocycles. The standard InChI is InChI=1S/C15H14F3N.C13H9Cl4N.C13H5F8N.CH4/c1-9-3-5-12(10(2)7-9)13-6-4-11(19)8-14(13)15(16,17)18;1-6-2-10(15)7(3-9(6)14)8-4-12(17)13(18)5-11(8)16;1-2-5(14)7(16)3(8(17)6(2)15)4-9(18)11(20)13(22)12(21)10(4)19;/h3-8H,19H2,1-2H3;2-5H,18H2,1H3;22H2,1H3;1H4. The summed E-state index contributed by atoms with van der Waals surface area (Å²) in [4.78, 5) is 0. The van der Waals surface area contributed by atoms with E-state index in [1.165, 1.54) is 12.1 Å². The van der Waals surface area contributed by atoms with Crippen LogP contribution in [0.1, 0.15) is 35.2 Å². The van der Waals surface area contributed by atoms with Crippen LogP contribution in [0.5, 0.6) is 0 Å². The molecule has 0 spiro atoms. The van der Waals surface area contributed by atoms with Crippen LogP contribution in [0.4, 0.5) is 65.4 Å². The molecule has 0 aliphatic carbocycles. The first kappa shape index (κ1) is 49.5. The third kappa shape index (κ3) is 10.2. The van der Waals surface area contributed by atoms with E-state index in [1.54, 1.807) is 43.3 Å². The first-order valence-electron chi connectivity index (χ1n) is 16.5. The van der Waals surface area contributed by atoms with Crippen molar-refractivity contribution in [1.82, 2.24) is 0 Å². The van der Waals surface area contributed by atoms with Gasteiger partial charge in [0.15, 0.2) is 46.5 Å². The average molecular weight is 930 g/mol. The van der Waals surface area contributed by atoms with Gasteiger partial charge in [0.05, 0.1) is 32.4 Å². The van der Waals surface area contributed by atoms with Crippen LogP contribution >= 0.6 is 46.4 Å². The van der Waals surface area contributed by atoms with E-state index in [-0.39, 0.29) is 18.7 Å². The molecule has 0 amide bonds. The Morgan fingerprint density at radius 3 is 1.38 bits per heavy atom. The van der Waals surface area contributed by atoms with Crippen LogP contribution in [0.25, 0.3) is 33.4 Å². The molecule has 0 saturated heterocycles. The number of hydrogen-bond acceptors (Lipinski definition) is 3. The smallest absolute Gasteiger partial charge is 0.399 e. The normalized spacial score (nSPS) is 11.0. The Labute approximate surface area is 357 Å². The Hall–Kier alpha value is -4.89. The zero-order valence-electron chi connectivity index (χ0n) is 30.7. The molecular weight excluding hydrogens is 897 g/mol. The van der Waals surface area contributed by atoms with E-state index in [0.29, 0.717) is 43.8 Å². The van der Waals surface area contributed by atoms with Gasteiger partial charge in [-0.15, -0.1) is 0 Å². The van der Waals surface area contributed by atoms with Crippen molar-refractivity contribution in [2.24, 2.45) is 0 Å². The highest BCUT2D eigenvalue weighted by Crippen LogP contribution is 2.42. The summed E-state index contributed by atoms with van der Waals surface area (Å²) in [6.07, 6.45) is -4.41. The lowest BCUT2D eigenvalue weighted by Crippen LogP contribution is -2.10. The van der Waals surface area contributed by atoms with Crippen molar-refractivity contribution >= 4 is 63.5 Å². The molecule has 3 nitrogen and oxygen atoms in total. The molecule has 0 aromatic heterocycles. The van der Waals surface area contributed by atoms with Crippen LogP contribution in [0.15, 0.2) is 60.7 Å². The van der Waals surface area contributed by atoms with Gasteiger partial charge in [0.25, 0.3) is 0 Å². The predicted molar refractivity (Wildman–Crippen MR) is 219 cm³/mol. The summed E-state index contributed by atoms with van der Waals surface area (Å²) in [6.45, 7) is 6.26. The lowest BCUT2D eigenvalue weighted by molar-refractivity contribution is -0.137. The molecule has 6 rings (SSSR count). The van der Waals surface area contributed by atoms with Crippen LogP contribution in [-0.4, -0.2) is 0 Å². The number of benzene rings is 6. The second-order valence-electron chi connectivity index (χ2n) is 12.9. The van der Waals surface area contributed by atoms with Gasteiger partial charge in [-0.2, -0.15) is 13.2 Å². The molecule has 0 fully saturated rings. The monoisotopic (exact) mass is 927 g/mol. The van der Waals surface area contributed by atoms with Crippen LogP contribution < -0.4 is 17.2 Å². The fourth-order valence-corrected chi connectivity index (χ4v) is 6.52.